The van der Waals surface area contributed by atoms with Crippen LogP contribution in [0.2, 0.25) is 0 Å². The van der Waals surface area contributed by atoms with Gasteiger partial charge in [-0.3, -0.25) is 0 Å². The summed E-state index contributed by atoms with van der Waals surface area (Å²) in [6.07, 6.45) is 1.22. The van der Waals surface area contributed by atoms with Gasteiger partial charge in [0.25, 0.3) is 0 Å². The third kappa shape index (κ3) is 3.35. The highest BCUT2D eigenvalue weighted by atomic mass is 19.1. The maximum absolute atomic E-state index is 12.6. The van der Waals surface area contributed by atoms with Crippen molar-refractivity contribution in [3.63, 3.8) is 0 Å². The molecule has 0 aliphatic heterocycles. The van der Waals surface area contributed by atoms with Crippen LogP contribution in [0, 0.1) is 11.6 Å². The van der Waals surface area contributed by atoms with Gasteiger partial charge in [-0.05, 0) is 17.7 Å². The standard InChI is InChI=1S/C8H7BF2O2/c10-7-3-6(1-2-9(12)13)4-8(11)5-7/h1-5,12-13H. The predicted octanol–water partition coefficient (Wildman–Crippen LogP) is 0.990. The maximum atomic E-state index is 12.6. The first kappa shape index (κ1) is 9.89. The lowest BCUT2D eigenvalue weighted by atomic mass is 9.91. The van der Waals surface area contributed by atoms with Crippen LogP contribution in [0.4, 0.5) is 8.78 Å². The van der Waals surface area contributed by atoms with E-state index in [0.29, 0.717) is 0 Å². The summed E-state index contributed by atoms with van der Waals surface area (Å²) >= 11 is 0. The molecule has 0 unspecified atom stereocenters. The van der Waals surface area contributed by atoms with Crippen LogP contribution >= 0.6 is 0 Å². The van der Waals surface area contributed by atoms with E-state index in [4.69, 9.17) is 10.0 Å². The Labute approximate surface area is 74.3 Å². The molecule has 1 rings (SSSR count). The minimum atomic E-state index is -1.62. The second-order valence-electron chi connectivity index (χ2n) is 2.48. The van der Waals surface area contributed by atoms with Crippen molar-refractivity contribution in [2.45, 2.75) is 0 Å². The molecule has 0 amide bonds. The van der Waals surface area contributed by atoms with Crippen molar-refractivity contribution in [3.05, 3.63) is 41.4 Å². The zero-order valence-corrected chi connectivity index (χ0v) is 6.61. The molecule has 1 aromatic rings. The van der Waals surface area contributed by atoms with Gasteiger partial charge in [0.05, 0.1) is 0 Å². The van der Waals surface area contributed by atoms with Gasteiger partial charge in [-0.1, -0.05) is 12.1 Å². The van der Waals surface area contributed by atoms with Gasteiger partial charge in [0.1, 0.15) is 11.6 Å². The topological polar surface area (TPSA) is 40.5 Å². The maximum Gasteiger partial charge on any atom is 0.480 e. The van der Waals surface area contributed by atoms with Crippen LogP contribution in [0.3, 0.4) is 0 Å². The van der Waals surface area contributed by atoms with Crippen molar-refractivity contribution in [2.75, 3.05) is 0 Å². The largest absolute Gasteiger partial charge is 0.480 e. The molecule has 0 aliphatic carbocycles. The average molecular weight is 184 g/mol. The number of hydrogen-bond acceptors (Lipinski definition) is 2. The Hall–Kier alpha value is -1.20. The van der Waals surface area contributed by atoms with Gasteiger partial charge in [-0.15, -0.1) is 0 Å². The van der Waals surface area contributed by atoms with Crippen LogP contribution in [0.15, 0.2) is 24.2 Å². The second-order valence-corrected chi connectivity index (χ2v) is 2.48. The monoisotopic (exact) mass is 184 g/mol. The smallest absolute Gasteiger partial charge is 0.424 e. The molecule has 0 saturated heterocycles. The molecule has 0 atom stereocenters. The van der Waals surface area contributed by atoms with E-state index >= 15 is 0 Å². The zero-order chi connectivity index (χ0) is 9.84. The first-order valence-electron chi connectivity index (χ1n) is 3.58. The molecule has 0 radical (unpaired) electrons. The highest BCUT2D eigenvalue weighted by Crippen LogP contribution is 2.09. The van der Waals surface area contributed by atoms with Gasteiger partial charge in [0.2, 0.25) is 0 Å². The highest BCUT2D eigenvalue weighted by Gasteiger charge is 2.00. The molecule has 0 spiro atoms. The molecule has 2 N–H and O–H groups in total. The van der Waals surface area contributed by atoms with Gasteiger partial charge in [0.15, 0.2) is 0 Å². The number of halogens is 2. The van der Waals surface area contributed by atoms with Gasteiger partial charge >= 0.3 is 7.12 Å². The fourth-order valence-electron chi connectivity index (χ4n) is 0.869. The molecule has 5 heteroatoms. The fourth-order valence-corrected chi connectivity index (χ4v) is 0.869. The lowest BCUT2D eigenvalue weighted by molar-refractivity contribution is 0.424. The van der Waals surface area contributed by atoms with Crippen LogP contribution in [0.1, 0.15) is 5.56 Å². The number of hydrogen-bond donors (Lipinski definition) is 2. The molecule has 2 nitrogen and oxygen atoms in total. The van der Waals surface area contributed by atoms with E-state index < -0.39 is 18.8 Å². The summed E-state index contributed by atoms with van der Waals surface area (Å²) in [6, 6.07) is 2.91. The Bertz CT molecular complexity index is 306. The molecule has 1 aromatic carbocycles. The Kier molecular flexibility index (Phi) is 3.16. The third-order valence-electron chi connectivity index (χ3n) is 1.35. The van der Waals surface area contributed by atoms with Crippen LogP contribution in [-0.2, 0) is 0 Å². The minimum Gasteiger partial charge on any atom is -0.424 e. The summed E-state index contributed by atoms with van der Waals surface area (Å²) in [7, 11) is -1.62. The lowest BCUT2D eigenvalue weighted by Crippen LogP contribution is -2.05. The number of rotatable bonds is 2. The number of benzene rings is 1. The van der Waals surface area contributed by atoms with Crippen molar-refractivity contribution in [2.24, 2.45) is 0 Å². The molecule has 13 heavy (non-hydrogen) atoms. The molecule has 68 valence electrons. The van der Waals surface area contributed by atoms with Gasteiger partial charge in [-0.2, -0.15) is 0 Å². The first-order valence-corrected chi connectivity index (χ1v) is 3.58. The molecule has 0 aliphatic rings. The predicted molar refractivity (Wildman–Crippen MR) is 45.6 cm³/mol. The van der Waals surface area contributed by atoms with Gasteiger partial charge in [-0.25, -0.2) is 8.78 Å². The summed E-state index contributed by atoms with van der Waals surface area (Å²) in [5.41, 5.74) is 0.241. The van der Waals surface area contributed by atoms with E-state index in [0.717, 1.165) is 24.2 Å². The summed E-state index contributed by atoms with van der Waals surface area (Å²) in [4.78, 5) is 0. The Morgan fingerprint density at radius 1 is 1.08 bits per heavy atom. The van der Waals surface area contributed by atoms with Crippen LogP contribution in [-0.4, -0.2) is 17.2 Å². The molecule has 0 heterocycles. The van der Waals surface area contributed by atoms with Crippen LogP contribution in [0.5, 0.6) is 0 Å². The normalized spacial score (nSPS) is 10.8. The third-order valence-corrected chi connectivity index (χ3v) is 1.35. The van der Waals surface area contributed by atoms with Crippen molar-refractivity contribution >= 4 is 13.2 Å². The fraction of sp³-hybridized carbons (Fsp3) is 0. The first-order chi connectivity index (χ1) is 6.08. The van der Waals surface area contributed by atoms with Gasteiger partial charge < -0.3 is 10.0 Å². The molecule has 0 aromatic heterocycles. The quantitative estimate of drug-likeness (QED) is 0.672. The summed E-state index contributed by atoms with van der Waals surface area (Å²) in [5.74, 6) is -0.395. The van der Waals surface area contributed by atoms with Crippen molar-refractivity contribution in [1.82, 2.24) is 0 Å². The Balaban J connectivity index is 2.89. The molecule has 0 saturated carbocycles. The summed E-state index contributed by atoms with van der Waals surface area (Å²) < 4.78 is 25.1. The van der Waals surface area contributed by atoms with E-state index in [1.54, 1.807) is 0 Å². The summed E-state index contributed by atoms with van der Waals surface area (Å²) in [6.45, 7) is 0. The Morgan fingerprint density at radius 3 is 2.08 bits per heavy atom. The van der Waals surface area contributed by atoms with Crippen LogP contribution in [0.25, 0.3) is 6.08 Å². The van der Waals surface area contributed by atoms with Gasteiger partial charge in [0, 0.05) is 6.07 Å². The second kappa shape index (κ2) is 4.16. The SMILES string of the molecule is OB(O)C=Cc1cc(F)cc(F)c1. The lowest BCUT2D eigenvalue weighted by Gasteiger charge is -1.94. The molecule has 0 bridgehead atoms. The van der Waals surface area contributed by atoms with Crippen molar-refractivity contribution in [3.8, 4) is 0 Å². The van der Waals surface area contributed by atoms with E-state index in [9.17, 15) is 8.78 Å². The zero-order valence-electron chi connectivity index (χ0n) is 6.61. The molecular weight excluding hydrogens is 177 g/mol. The average Bonchev–Trinajstić information content (AvgIpc) is 1.99. The van der Waals surface area contributed by atoms with E-state index in [1.807, 2.05) is 0 Å². The van der Waals surface area contributed by atoms with Crippen molar-refractivity contribution in [1.29, 1.82) is 0 Å². The van der Waals surface area contributed by atoms with E-state index in [2.05, 4.69) is 0 Å². The molecular formula is C8H7BF2O2. The molecule has 0 fully saturated rings. The minimum absolute atomic E-state index is 0.241. The van der Waals surface area contributed by atoms with E-state index in [-0.39, 0.29) is 5.56 Å². The Morgan fingerprint density at radius 2 is 1.62 bits per heavy atom. The summed E-state index contributed by atoms with van der Waals surface area (Å²) in [5, 5.41) is 16.9. The van der Waals surface area contributed by atoms with Crippen LogP contribution < -0.4 is 0 Å². The highest BCUT2D eigenvalue weighted by molar-refractivity contribution is 6.48. The van der Waals surface area contributed by atoms with Crippen molar-refractivity contribution < 1.29 is 18.8 Å². The van der Waals surface area contributed by atoms with E-state index in [1.165, 1.54) is 6.08 Å².